The van der Waals surface area contributed by atoms with Gasteiger partial charge in [-0.05, 0) is 24.6 Å². The van der Waals surface area contributed by atoms with Crippen molar-refractivity contribution in [3.05, 3.63) is 29.3 Å². The zero-order valence-corrected chi connectivity index (χ0v) is 10.9. The second-order valence-electron chi connectivity index (χ2n) is 4.00. The zero-order chi connectivity index (χ0) is 13.5. The average molecular weight is 253 g/mol. The number of rotatable bonds is 6. The van der Waals surface area contributed by atoms with Gasteiger partial charge in [-0.3, -0.25) is 4.79 Å². The monoisotopic (exact) mass is 253 g/mol. The van der Waals surface area contributed by atoms with Gasteiger partial charge in [-0.25, -0.2) is 0 Å². The van der Waals surface area contributed by atoms with Crippen molar-refractivity contribution in [1.29, 1.82) is 0 Å². The lowest BCUT2D eigenvalue weighted by Crippen LogP contribution is -2.34. The Balaban J connectivity index is 2.61. The minimum Gasteiger partial charge on any atom is -0.496 e. The van der Waals surface area contributed by atoms with Crippen molar-refractivity contribution in [2.24, 2.45) is 0 Å². The number of aryl methyl sites for hydroxylation is 1. The Bertz CT molecular complexity index is 406. The molecule has 2 N–H and O–H groups in total. The largest absolute Gasteiger partial charge is 0.496 e. The van der Waals surface area contributed by atoms with Crippen molar-refractivity contribution in [2.75, 3.05) is 27.4 Å². The fourth-order valence-electron chi connectivity index (χ4n) is 1.53. The molecule has 1 aromatic carbocycles. The lowest BCUT2D eigenvalue weighted by Gasteiger charge is -2.11. The number of carbonyl (C=O) groups excluding carboxylic acids is 1. The Hall–Kier alpha value is -1.59. The second-order valence-corrected chi connectivity index (χ2v) is 4.00. The first kappa shape index (κ1) is 14.5. The van der Waals surface area contributed by atoms with E-state index in [4.69, 9.17) is 9.47 Å². The van der Waals surface area contributed by atoms with Gasteiger partial charge in [0.25, 0.3) is 5.91 Å². The second kappa shape index (κ2) is 6.98. The molecular formula is C13H19NO4. The molecule has 0 saturated carbocycles. The normalized spacial score (nSPS) is 12.0. The molecule has 0 radical (unpaired) electrons. The van der Waals surface area contributed by atoms with Crippen LogP contribution in [0.25, 0.3) is 0 Å². The van der Waals surface area contributed by atoms with Crippen LogP contribution in [-0.4, -0.2) is 44.5 Å². The SMILES string of the molecule is COCC(O)CNC(=O)c1ccc(C)c(OC)c1. The van der Waals surface area contributed by atoms with Gasteiger partial charge in [0.05, 0.1) is 19.8 Å². The highest BCUT2D eigenvalue weighted by atomic mass is 16.5. The van der Waals surface area contributed by atoms with Gasteiger partial charge >= 0.3 is 0 Å². The van der Waals surface area contributed by atoms with E-state index in [0.717, 1.165) is 5.56 Å². The Morgan fingerprint density at radius 2 is 2.17 bits per heavy atom. The number of ether oxygens (including phenoxy) is 2. The summed E-state index contributed by atoms with van der Waals surface area (Å²) in [6.45, 7) is 2.25. The molecule has 0 aliphatic rings. The van der Waals surface area contributed by atoms with Crippen molar-refractivity contribution in [1.82, 2.24) is 5.32 Å². The molecule has 1 amide bonds. The first-order chi connectivity index (χ1) is 8.58. The molecule has 0 saturated heterocycles. The van der Waals surface area contributed by atoms with E-state index in [1.165, 1.54) is 7.11 Å². The fourth-order valence-corrected chi connectivity index (χ4v) is 1.53. The summed E-state index contributed by atoms with van der Waals surface area (Å²) in [5.41, 5.74) is 1.47. The predicted octanol–water partition coefficient (Wildman–Crippen LogP) is 0.741. The third kappa shape index (κ3) is 4.01. The molecular weight excluding hydrogens is 234 g/mol. The first-order valence-corrected chi connectivity index (χ1v) is 5.68. The van der Waals surface area contributed by atoms with Crippen LogP contribution in [0.3, 0.4) is 0 Å². The third-order valence-corrected chi connectivity index (χ3v) is 2.53. The number of methoxy groups -OCH3 is 2. The lowest BCUT2D eigenvalue weighted by molar-refractivity contribution is 0.0609. The van der Waals surface area contributed by atoms with Crippen molar-refractivity contribution in [3.8, 4) is 5.75 Å². The van der Waals surface area contributed by atoms with Gasteiger partial charge in [0.2, 0.25) is 0 Å². The van der Waals surface area contributed by atoms with Gasteiger partial charge in [0, 0.05) is 19.2 Å². The summed E-state index contributed by atoms with van der Waals surface area (Å²) in [4.78, 5) is 11.8. The maximum Gasteiger partial charge on any atom is 0.251 e. The van der Waals surface area contributed by atoms with E-state index >= 15 is 0 Å². The molecule has 5 heteroatoms. The van der Waals surface area contributed by atoms with Crippen LogP contribution in [0.15, 0.2) is 18.2 Å². The van der Waals surface area contributed by atoms with E-state index in [1.54, 1.807) is 19.2 Å². The van der Waals surface area contributed by atoms with Crippen LogP contribution in [0, 0.1) is 6.92 Å². The van der Waals surface area contributed by atoms with Gasteiger partial charge in [0.15, 0.2) is 0 Å². The Morgan fingerprint density at radius 1 is 1.44 bits per heavy atom. The molecule has 1 atom stereocenters. The van der Waals surface area contributed by atoms with Gasteiger partial charge in [0.1, 0.15) is 5.75 Å². The topological polar surface area (TPSA) is 67.8 Å². The number of carbonyl (C=O) groups is 1. The number of nitrogens with one attached hydrogen (secondary N) is 1. The van der Waals surface area contributed by atoms with Crippen LogP contribution in [0.4, 0.5) is 0 Å². The van der Waals surface area contributed by atoms with E-state index in [9.17, 15) is 9.90 Å². The maximum absolute atomic E-state index is 11.8. The molecule has 0 spiro atoms. The van der Waals surface area contributed by atoms with Gasteiger partial charge in [-0.15, -0.1) is 0 Å². The summed E-state index contributed by atoms with van der Waals surface area (Å²) >= 11 is 0. The molecule has 5 nitrogen and oxygen atoms in total. The van der Waals surface area contributed by atoms with Crippen LogP contribution < -0.4 is 10.1 Å². The molecule has 1 unspecified atom stereocenters. The fraction of sp³-hybridized carbons (Fsp3) is 0.462. The number of benzene rings is 1. The Kier molecular flexibility index (Phi) is 5.61. The van der Waals surface area contributed by atoms with E-state index in [1.807, 2.05) is 13.0 Å². The lowest BCUT2D eigenvalue weighted by atomic mass is 10.1. The van der Waals surface area contributed by atoms with Gasteiger partial charge in [-0.1, -0.05) is 6.07 Å². The van der Waals surface area contributed by atoms with E-state index in [-0.39, 0.29) is 19.1 Å². The number of hydrogen-bond acceptors (Lipinski definition) is 4. The summed E-state index contributed by atoms with van der Waals surface area (Å²) in [6, 6.07) is 5.21. The predicted molar refractivity (Wildman–Crippen MR) is 67.9 cm³/mol. The summed E-state index contributed by atoms with van der Waals surface area (Å²) < 4.78 is 9.92. The highest BCUT2D eigenvalue weighted by Gasteiger charge is 2.10. The number of aliphatic hydroxyl groups is 1. The molecule has 0 aliphatic carbocycles. The minimum absolute atomic E-state index is 0.156. The zero-order valence-electron chi connectivity index (χ0n) is 10.9. The molecule has 18 heavy (non-hydrogen) atoms. The molecule has 0 heterocycles. The number of aliphatic hydroxyl groups excluding tert-OH is 1. The smallest absolute Gasteiger partial charge is 0.251 e. The van der Waals surface area contributed by atoms with E-state index in [2.05, 4.69) is 5.32 Å². The summed E-state index contributed by atoms with van der Waals surface area (Å²) in [7, 11) is 3.06. The molecule has 0 fully saturated rings. The molecule has 100 valence electrons. The minimum atomic E-state index is -0.703. The average Bonchev–Trinajstić information content (AvgIpc) is 2.37. The van der Waals surface area contributed by atoms with Crippen molar-refractivity contribution in [3.63, 3.8) is 0 Å². The molecule has 0 aliphatic heterocycles. The summed E-state index contributed by atoms with van der Waals surface area (Å²) in [5, 5.41) is 12.1. The molecule has 0 aromatic heterocycles. The maximum atomic E-state index is 11.8. The molecule has 1 aromatic rings. The van der Waals surface area contributed by atoms with Crippen LogP contribution in [0.2, 0.25) is 0 Å². The van der Waals surface area contributed by atoms with Gasteiger partial charge < -0.3 is 19.9 Å². The highest BCUT2D eigenvalue weighted by molar-refractivity contribution is 5.94. The van der Waals surface area contributed by atoms with Crippen molar-refractivity contribution < 1.29 is 19.4 Å². The third-order valence-electron chi connectivity index (χ3n) is 2.53. The first-order valence-electron chi connectivity index (χ1n) is 5.68. The molecule has 1 rings (SSSR count). The highest BCUT2D eigenvalue weighted by Crippen LogP contribution is 2.18. The number of hydrogen-bond donors (Lipinski definition) is 2. The van der Waals surface area contributed by atoms with Crippen molar-refractivity contribution in [2.45, 2.75) is 13.0 Å². The summed E-state index contributed by atoms with van der Waals surface area (Å²) in [6.07, 6.45) is -0.703. The molecule has 0 bridgehead atoms. The van der Waals surface area contributed by atoms with Crippen LogP contribution in [0.5, 0.6) is 5.75 Å². The standard InChI is InChI=1S/C13H19NO4/c1-9-4-5-10(6-12(9)18-3)13(16)14-7-11(15)8-17-2/h4-6,11,15H,7-8H2,1-3H3,(H,14,16). The summed E-state index contributed by atoms with van der Waals surface area (Å²) in [5.74, 6) is 0.420. The van der Waals surface area contributed by atoms with E-state index < -0.39 is 6.10 Å². The number of amides is 1. The van der Waals surface area contributed by atoms with Crippen LogP contribution in [0.1, 0.15) is 15.9 Å². The van der Waals surface area contributed by atoms with Crippen LogP contribution in [-0.2, 0) is 4.74 Å². The Morgan fingerprint density at radius 3 is 2.78 bits per heavy atom. The van der Waals surface area contributed by atoms with Gasteiger partial charge in [-0.2, -0.15) is 0 Å². The van der Waals surface area contributed by atoms with E-state index in [0.29, 0.717) is 11.3 Å². The van der Waals surface area contributed by atoms with Crippen LogP contribution >= 0.6 is 0 Å². The quantitative estimate of drug-likeness (QED) is 0.784. The Labute approximate surface area is 107 Å². The van der Waals surface area contributed by atoms with Crippen molar-refractivity contribution >= 4 is 5.91 Å².